The lowest BCUT2D eigenvalue weighted by Gasteiger charge is -2.04. The van der Waals surface area contributed by atoms with Gasteiger partial charge in [0, 0.05) is 24.2 Å². The van der Waals surface area contributed by atoms with Gasteiger partial charge >= 0.3 is 0 Å². The van der Waals surface area contributed by atoms with Gasteiger partial charge in [-0.3, -0.25) is 20.2 Å². The molecule has 0 aliphatic rings. The van der Waals surface area contributed by atoms with Crippen molar-refractivity contribution in [1.82, 2.24) is 20.2 Å². The number of hydrogen-bond donors (Lipinski definition) is 1. The van der Waals surface area contributed by atoms with Crippen LogP contribution in [0.3, 0.4) is 0 Å². The van der Waals surface area contributed by atoms with E-state index in [0.717, 1.165) is 6.42 Å². The van der Waals surface area contributed by atoms with Gasteiger partial charge in [-0.25, -0.2) is 4.68 Å². The molecule has 0 unspecified atom stereocenters. The van der Waals surface area contributed by atoms with Crippen LogP contribution in [0.5, 0.6) is 0 Å². The van der Waals surface area contributed by atoms with Gasteiger partial charge in [-0.05, 0) is 22.9 Å². The van der Waals surface area contributed by atoms with E-state index in [9.17, 15) is 14.9 Å². The minimum absolute atomic E-state index is 0.147. The zero-order valence-electron chi connectivity index (χ0n) is 10.7. The standard InChI is InChI=1S/C11H12N6O3/c1-2-6-16-11(13-14-15-16)12-10(18)8-4-3-5-9(7-8)17(19)20/h3-5,7H,2,6H2,1H3,(H,12,13,15,18). The summed E-state index contributed by atoms with van der Waals surface area (Å²) >= 11 is 0. The number of amides is 1. The molecule has 0 fully saturated rings. The van der Waals surface area contributed by atoms with Crippen LogP contribution in [0.15, 0.2) is 24.3 Å². The number of carbonyl (C=O) groups excluding carboxylic acids is 1. The number of non-ortho nitro benzene ring substituents is 1. The maximum absolute atomic E-state index is 12.0. The zero-order chi connectivity index (χ0) is 14.5. The molecule has 2 aromatic rings. The van der Waals surface area contributed by atoms with Crippen molar-refractivity contribution in [1.29, 1.82) is 0 Å². The molecule has 0 bridgehead atoms. The van der Waals surface area contributed by atoms with Crippen molar-refractivity contribution in [3.8, 4) is 0 Å². The number of nitro benzene ring substituents is 1. The number of anilines is 1. The monoisotopic (exact) mass is 276 g/mol. The predicted molar refractivity (Wildman–Crippen MR) is 69.2 cm³/mol. The van der Waals surface area contributed by atoms with Crippen LogP contribution in [0, 0.1) is 10.1 Å². The van der Waals surface area contributed by atoms with E-state index >= 15 is 0 Å². The Labute approximate surface area is 113 Å². The van der Waals surface area contributed by atoms with E-state index in [1.54, 1.807) is 0 Å². The smallest absolute Gasteiger partial charge is 0.270 e. The third-order valence-corrected chi connectivity index (χ3v) is 2.51. The Bertz CT molecular complexity index is 639. The highest BCUT2D eigenvalue weighted by molar-refractivity contribution is 6.03. The van der Waals surface area contributed by atoms with E-state index in [-0.39, 0.29) is 17.2 Å². The van der Waals surface area contributed by atoms with Gasteiger partial charge in [0.05, 0.1) is 4.92 Å². The van der Waals surface area contributed by atoms with Crippen LogP contribution < -0.4 is 5.32 Å². The number of rotatable bonds is 5. The van der Waals surface area contributed by atoms with E-state index in [2.05, 4.69) is 20.8 Å². The second kappa shape index (κ2) is 5.87. The number of nitrogens with one attached hydrogen (secondary N) is 1. The molecule has 0 atom stereocenters. The summed E-state index contributed by atoms with van der Waals surface area (Å²) in [4.78, 5) is 22.1. The molecule has 0 saturated carbocycles. The van der Waals surface area contributed by atoms with Gasteiger partial charge in [0.25, 0.3) is 11.6 Å². The SMILES string of the molecule is CCCn1nnnc1NC(=O)c1cccc([N+](=O)[O-])c1. The maximum atomic E-state index is 12.0. The van der Waals surface area contributed by atoms with Gasteiger partial charge < -0.3 is 0 Å². The molecule has 104 valence electrons. The van der Waals surface area contributed by atoms with E-state index in [0.29, 0.717) is 6.54 Å². The first-order chi connectivity index (χ1) is 9.61. The summed E-state index contributed by atoms with van der Waals surface area (Å²) in [5.41, 5.74) is 0.0241. The summed E-state index contributed by atoms with van der Waals surface area (Å²) in [6.07, 6.45) is 0.810. The first kappa shape index (κ1) is 13.6. The Balaban J connectivity index is 2.17. The van der Waals surface area contributed by atoms with E-state index < -0.39 is 10.8 Å². The van der Waals surface area contributed by atoms with E-state index in [1.165, 1.54) is 28.9 Å². The van der Waals surface area contributed by atoms with Gasteiger partial charge in [0.2, 0.25) is 5.95 Å². The van der Waals surface area contributed by atoms with Crippen LogP contribution in [0.25, 0.3) is 0 Å². The maximum Gasteiger partial charge on any atom is 0.270 e. The highest BCUT2D eigenvalue weighted by Crippen LogP contribution is 2.14. The molecule has 2 rings (SSSR count). The fraction of sp³-hybridized carbons (Fsp3) is 0.273. The fourth-order valence-electron chi connectivity index (χ4n) is 1.59. The van der Waals surface area contributed by atoms with Crippen LogP contribution in [0.1, 0.15) is 23.7 Å². The number of aromatic nitrogens is 4. The summed E-state index contributed by atoms with van der Waals surface area (Å²) in [6.45, 7) is 2.52. The van der Waals surface area contributed by atoms with Crippen molar-refractivity contribution in [2.24, 2.45) is 0 Å². The van der Waals surface area contributed by atoms with Gasteiger partial charge in [0.1, 0.15) is 0 Å². The van der Waals surface area contributed by atoms with Gasteiger partial charge in [-0.1, -0.05) is 18.1 Å². The quantitative estimate of drug-likeness (QED) is 0.648. The van der Waals surface area contributed by atoms with Crippen LogP contribution in [-0.2, 0) is 6.54 Å². The number of carbonyl (C=O) groups is 1. The predicted octanol–water partition coefficient (Wildman–Crippen LogP) is 1.24. The largest absolute Gasteiger partial charge is 0.289 e. The third-order valence-electron chi connectivity index (χ3n) is 2.51. The number of hydrogen-bond acceptors (Lipinski definition) is 6. The molecule has 1 amide bonds. The van der Waals surface area contributed by atoms with Gasteiger partial charge in [0.15, 0.2) is 0 Å². The number of benzene rings is 1. The second-order valence-electron chi connectivity index (χ2n) is 3.99. The van der Waals surface area contributed by atoms with Crippen molar-refractivity contribution in [2.75, 3.05) is 5.32 Å². The topological polar surface area (TPSA) is 116 Å². The molecule has 0 saturated heterocycles. The van der Waals surface area contributed by atoms with Crippen LogP contribution >= 0.6 is 0 Å². The minimum Gasteiger partial charge on any atom is -0.289 e. The Morgan fingerprint density at radius 2 is 2.30 bits per heavy atom. The lowest BCUT2D eigenvalue weighted by molar-refractivity contribution is -0.384. The molecule has 0 aliphatic carbocycles. The molecule has 0 spiro atoms. The lowest BCUT2D eigenvalue weighted by Crippen LogP contribution is -2.16. The first-order valence-corrected chi connectivity index (χ1v) is 5.93. The summed E-state index contributed by atoms with van der Waals surface area (Å²) in [7, 11) is 0. The molecule has 20 heavy (non-hydrogen) atoms. The van der Waals surface area contributed by atoms with Crippen molar-refractivity contribution in [3.63, 3.8) is 0 Å². The van der Waals surface area contributed by atoms with E-state index in [1.807, 2.05) is 6.92 Å². The summed E-state index contributed by atoms with van der Waals surface area (Å²) in [5.74, 6) is -0.288. The van der Waals surface area contributed by atoms with Crippen LogP contribution in [0.2, 0.25) is 0 Å². The molecular weight excluding hydrogens is 264 g/mol. The average molecular weight is 276 g/mol. The fourth-order valence-corrected chi connectivity index (χ4v) is 1.59. The molecular formula is C11H12N6O3. The Kier molecular flexibility index (Phi) is 3.99. The van der Waals surface area contributed by atoms with Crippen LogP contribution in [0.4, 0.5) is 11.6 Å². The summed E-state index contributed by atoms with van der Waals surface area (Å²) < 4.78 is 1.45. The molecule has 0 radical (unpaired) electrons. The number of aryl methyl sites for hydroxylation is 1. The van der Waals surface area contributed by atoms with Crippen LogP contribution in [-0.4, -0.2) is 31.0 Å². The summed E-state index contributed by atoms with van der Waals surface area (Å²) in [5, 5.41) is 24.1. The number of nitrogens with zero attached hydrogens (tertiary/aromatic N) is 5. The number of nitro groups is 1. The highest BCUT2D eigenvalue weighted by Gasteiger charge is 2.14. The molecule has 0 aliphatic heterocycles. The van der Waals surface area contributed by atoms with E-state index in [4.69, 9.17) is 0 Å². The summed E-state index contributed by atoms with van der Waals surface area (Å²) in [6, 6.07) is 5.44. The van der Waals surface area contributed by atoms with Crippen molar-refractivity contribution in [3.05, 3.63) is 39.9 Å². The Morgan fingerprint density at radius 1 is 1.50 bits per heavy atom. The number of tetrazole rings is 1. The molecule has 1 N–H and O–H groups in total. The zero-order valence-corrected chi connectivity index (χ0v) is 10.7. The molecule has 1 aromatic heterocycles. The molecule has 1 heterocycles. The first-order valence-electron chi connectivity index (χ1n) is 5.93. The Hall–Kier alpha value is -2.84. The molecule has 9 heteroatoms. The highest BCUT2D eigenvalue weighted by atomic mass is 16.6. The van der Waals surface area contributed by atoms with Crippen molar-refractivity contribution in [2.45, 2.75) is 19.9 Å². The molecule has 9 nitrogen and oxygen atoms in total. The van der Waals surface area contributed by atoms with Gasteiger partial charge in [-0.2, -0.15) is 0 Å². The Morgan fingerprint density at radius 3 is 3.00 bits per heavy atom. The molecule has 1 aromatic carbocycles. The second-order valence-corrected chi connectivity index (χ2v) is 3.99. The third kappa shape index (κ3) is 2.94. The van der Waals surface area contributed by atoms with Crippen molar-refractivity contribution >= 4 is 17.5 Å². The normalized spacial score (nSPS) is 10.2. The minimum atomic E-state index is -0.558. The lowest BCUT2D eigenvalue weighted by atomic mass is 10.2. The van der Waals surface area contributed by atoms with Gasteiger partial charge in [-0.15, -0.1) is 0 Å². The average Bonchev–Trinajstić information content (AvgIpc) is 2.86. The van der Waals surface area contributed by atoms with Crippen molar-refractivity contribution < 1.29 is 9.72 Å².